The number of nitrogens with two attached hydrogens (primary N) is 3. The zero-order valence-corrected chi connectivity index (χ0v) is 18.2. The Bertz CT molecular complexity index is 756. The van der Waals surface area contributed by atoms with Gasteiger partial charge in [-0.2, -0.15) is 0 Å². The molecule has 1 heterocycles. The van der Waals surface area contributed by atoms with Gasteiger partial charge in [0.05, 0.1) is 12.5 Å². The van der Waals surface area contributed by atoms with Crippen LogP contribution < -0.4 is 27.8 Å². The van der Waals surface area contributed by atoms with Gasteiger partial charge in [0.15, 0.2) is 0 Å². The Kier molecular flexibility index (Phi) is 10.0. The predicted molar refractivity (Wildman–Crippen MR) is 111 cm³/mol. The first-order valence-electron chi connectivity index (χ1n) is 10.3. The SMILES string of the molecule is CC(C)C(N)C(=O)NC(CC(N)=O)C(=O)N1CCCC1C(=O)NC(CCC(N)=O)C(=O)O. The van der Waals surface area contributed by atoms with Crippen molar-refractivity contribution in [3.8, 4) is 0 Å². The van der Waals surface area contributed by atoms with Gasteiger partial charge in [-0.25, -0.2) is 4.79 Å². The summed E-state index contributed by atoms with van der Waals surface area (Å²) < 4.78 is 0. The van der Waals surface area contributed by atoms with E-state index in [2.05, 4.69) is 10.6 Å². The van der Waals surface area contributed by atoms with Crippen LogP contribution in [0.15, 0.2) is 0 Å². The molecule has 5 amide bonds. The lowest BCUT2D eigenvalue weighted by molar-refractivity contribution is -0.145. The maximum atomic E-state index is 13.1. The number of carbonyl (C=O) groups excluding carboxylic acids is 5. The lowest BCUT2D eigenvalue weighted by atomic mass is 10.0. The third-order valence-corrected chi connectivity index (χ3v) is 5.17. The van der Waals surface area contributed by atoms with E-state index in [4.69, 9.17) is 17.2 Å². The second kappa shape index (κ2) is 12.0. The molecule has 1 rings (SSSR count). The van der Waals surface area contributed by atoms with Gasteiger partial charge in [-0.15, -0.1) is 0 Å². The number of aliphatic carboxylic acids is 1. The summed E-state index contributed by atoms with van der Waals surface area (Å²) in [7, 11) is 0. The summed E-state index contributed by atoms with van der Waals surface area (Å²) in [5.74, 6) is -5.19. The molecule has 4 unspecified atom stereocenters. The molecule has 0 aromatic rings. The molecule has 13 heteroatoms. The average Bonchev–Trinajstić information content (AvgIpc) is 3.18. The van der Waals surface area contributed by atoms with Crippen LogP contribution >= 0.6 is 0 Å². The topological polar surface area (TPSA) is 228 Å². The second-order valence-corrected chi connectivity index (χ2v) is 8.10. The van der Waals surface area contributed by atoms with E-state index in [9.17, 15) is 33.9 Å². The predicted octanol–water partition coefficient (Wildman–Crippen LogP) is -2.84. The Hall–Kier alpha value is -3.22. The van der Waals surface area contributed by atoms with Crippen LogP contribution in [0.5, 0.6) is 0 Å². The fourth-order valence-corrected chi connectivity index (χ4v) is 3.29. The van der Waals surface area contributed by atoms with Crippen molar-refractivity contribution in [1.82, 2.24) is 15.5 Å². The van der Waals surface area contributed by atoms with Crippen LogP contribution in [0.25, 0.3) is 0 Å². The number of carbonyl (C=O) groups is 6. The number of carboxylic acid groups (broad SMARTS) is 1. The highest BCUT2D eigenvalue weighted by Gasteiger charge is 2.39. The van der Waals surface area contributed by atoms with Gasteiger partial charge in [0, 0.05) is 13.0 Å². The molecule has 1 fully saturated rings. The van der Waals surface area contributed by atoms with Crippen LogP contribution in [0.3, 0.4) is 0 Å². The molecule has 0 aromatic heterocycles. The largest absolute Gasteiger partial charge is 0.480 e. The van der Waals surface area contributed by atoms with Crippen molar-refractivity contribution in [2.24, 2.45) is 23.1 Å². The van der Waals surface area contributed by atoms with Crippen LogP contribution in [-0.2, 0) is 28.8 Å². The summed E-state index contributed by atoms with van der Waals surface area (Å²) >= 11 is 0. The van der Waals surface area contributed by atoms with Gasteiger partial charge >= 0.3 is 5.97 Å². The molecule has 0 radical (unpaired) electrons. The van der Waals surface area contributed by atoms with Crippen molar-refractivity contribution in [2.75, 3.05) is 6.54 Å². The van der Waals surface area contributed by atoms with Gasteiger partial charge in [-0.05, 0) is 25.2 Å². The highest BCUT2D eigenvalue weighted by Crippen LogP contribution is 2.20. The summed E-state index contributed by atoms with van der Waals surface area (Å²) in [6, 6.07) is -4.61. The third-order valence-electron chi connectivity index (χ3n) is 5.17. The highest BCUT2D eigenvalue weighted by atomic mass is 16.4. The van der Waals surface area contributed by atoms with Gasteiger partial charge in [-0.3, -0.25) is 24.0 Å². The number of amides is 5. The Labute approximate surface area is 185 Å². The van der Waals surface area contributed by atoms with Gasteiger partial charge in [0.2, 0.25) is 29.5 Å². The van der Waals surface area contributed by atoms with Gasteiger partial charge in [-0.1, -0.05) is 13.8 Å². The van der Waals surface area contributed by atoms with E-state index in [1.54, 1.807) is 13.8 Å². The molecule has 0 spiro atoms. The van der Waals surface area contributed by atoms with Crippen molar-refractivity contribution >= 4 is 35.5 Å². The van der Waals surface area contributed by atoms with Crippen LogP contribution in [0.1, 0.15) is 46.0 Å². The van der Waals surface area contributed by atoms with Crippen molar-refractivity contribution in [3.63, 3.8) is 0 Å². The maximum absolute atomic E-state index is 13.1. The van der Waals surface area contributed by atoms with Gasteiger partial charge in [0.25, 0.3) is 0 Å². The normalized spacial score (nSPS) is 18.5. The molecule has 32 heavy (non-hydrogen) atoms. The van der Waals surface area contributed by atoms with E-state index in [1.807, 2.05) is 0 Å². The monoisotopic (exact) mass is 456 g/mol. The number of rotatable bonds is 12. The zero-order valence-electron chi connectivity index (χ0n) is 18.2. The molecule has 0 bridgehead atoms. The van der Waals surface area contributed by atoms with Crippen molar-refractivity contribution in [2.45, 2.75) is 70.1 Å². The number of hydrogen-bond donors (Lipinski definition) is 6. The smallest absolute Gasteiger partial charge is 0.326 e. The van der Waals surface area contributed by atoms with Gasteiger partial charge < -0.3 is 37.8 Å². The standard InChI is InChI=1S/C19H32N6O7/c1-9(2)15(22)17(29)24-11(8-14(21)27)18(30)25-7-3-4-12(25)16(28)23-10(19(31)32)5-6-13(20)26/h9-12,15H,3-8,22H2,1-2H3,(H2,20,26)(H2,21,27)(H,23,28)(H,24,29)(H,31,32). The fourth-order valence-electron chi connectivity index (χ4n) is 3.29. The number of nitrogens with zero attached hydrogens (tertiary/aromatic N) is 1. The van der Waals surface area contributed by atoms with E-state index in [0.717, 1.165) is 0 Å². The summed E-state index contributed by atoms with van der Waals surface area (Å²) in [6.07, 6.45) is -0.234. The Morgan fingerprint density at radius 3 is 2.16 bits per heavy atom. The molecule has 0 saturated carbocycles. The minimum Gasteiger partial charge on any atom is -0.480 e. The number of hydrogen-bond acceptors (Lipinski definition) is 7. The quantitative estimate of drug-likeness (QED) is 0.179. The summed E-state index contributed by atoms with van der Waals surface area (Å²) in [5, 5.41) is 14.0. The van der Waals surface area contributed by atoms with Gasteiger partial charge in [0.1, 0.15) is 18.1 Å². The molecule has 13 nitrogen and oxygen atoms in total. The minimum absolute atomic E-state index is 0.164. The molecule has 1 saturated heterocycles. The molecule has 1 aliphatic heterocycles. The molecule has 9 N–H and O–H groups in total. The molecule has 0 aliphatic carbocycles. The van der Waals surface area contributed by atoms with Crippen LogP contribution in [0, 0.1) is 5.92 Å². The molecule has 4 atom stereocenters. The first-order valence-corrected chi connectivity index (χ1v) is 10.3. The molecular weight excluding hydrogens is 424 g/mol. The average molecular weight is 457 g/mol. The molecule has 180 valence electrons. The number of nitrogens with one attached hydrogen (secondary N) is 2. The number of likely N-dealkylation sites (tertiary alicyclic amines) is 1. The van der Waals surface area contributed by atoms with Crippen LogP contribution in [-0.4, -0.2) is 76.2 Å². The third kappa shape index (κ3) is 7.80. The van der Waals surface area contributed by atoms with E-state index in [-0.39, 0.29) is 31.7 Å². The molecule has 0 aromatic carbocycles. The fraction of sp³-hybridized carbons (Fsp3) is 0.684. The first-order chi connectivity index (χ1) is 14.8. The minimum atomic E-state index is -1.36. The number of carboxylic acids is 1. The van der Waals surface area contributed by atoms with E-state index in [1.165, 1.54) is 4.90 Å². The second-order valence-electron chi connectivity index (χ2n) is 8.10. The Morgan fingerprint density at radius 2 is 1.66 bits per heavy atom. The zero-order chi connectivity index (χ0) is 24.6. The summed E-state index contributed by atoms with van der Waals surface area (Å²) in [6.45, 7) is 3.59. The Morgan fingerprint density at radius 1 is 1.03 bits per heavy atom. The Balaban J connectivity index is 2.96. The summed E-state index contributed by atoms with van der Waals surface area (Å²) in [5.41, 5.74) is 16.0. The van der Waals surface area contributed by atoms with E-state index >= 15 is 0 Å². The number of primary amides is 2. The van der Waals surface area contributed by atoms with Crippen molar-refractivity contribution in [1.29, 1.82) is 0 Å². The lowest BCUT2D eigenvalue weighted by Gasteiger charge is -2.29. The van der Waals surface area contributed by atoms with Crippen LogP contribution in [0.4, 0.5) is 0 Å². The first kappa shape index (κ1) is 26.8. The molecule has 1 aliphatic rings. The maximum Gasteiger partial charge on any atom is 0.326 e. The molecular formula is C19H32N6O7. The highest BCUT2D eigenvalue weighted by molar-refractivity contribution is 5.96. The van der Waals surface area contributed by atoms with E-state index in [0.29, 0.717) is 6.42 Å². The van der Waals surface area contributed by atoms with Crippen LogP contribution in [0.2, 0.25) is 0 Å². The van der Waals surface area contributed by atoms with E-state index < -0.39 is 66.1 Å². The van der Waals surface area contributed by atoms with Crippen molar-refractivity contribution < 1.29 is 33.9 Å². The summed E-state index contributed by atoms with van der Waals surface area (Å²) in [4.78, 5) is 73.0. The van der Waals surface area contributed by atoms with Crippen molar-refractivity contribution in [3.05, 3.63) is 0 Å². The lowest BCUT2D eigenvalue weighted by Crippen LogP contribution is -2.58.